The van der Waals surface area contributed by atoms with E-state index in [0.29, 0.717) is 19.4 Å². The van der Waals surface area contributed by atoms with E-state index in [2.05, 4.69) is 13.8 Å². The molecule has 0 bridgehead atoms. The van der Waals surface area contributed by atoms with Crippen molar-refractivity contribution >= 4 is 5.97 Å². The molecule has 0 unspecified atom stereocenters. The molecule has 0 aromatic heterocycles. The number of phenolic OH excluding ortho intramolecular Hbond substituents is 2. The lowest BCUT2D eigenvalue weighted by Gasteiger charge is -2.31. The number of aromatic hydroxyl groups is 2. The number of esters is 1. The first kappa shape index (κ1) is 30.7. The van der Waals surface area contributed by atoms with Crippen molar-refractivity contribution in [3.8, 4) is 11.5 Å². The Morgan fingerprint density at radius 3 is 1.43 bits per heavy atom. The van der Waals surface area contributed by atoms with Crippen LogP contribution in [0.4, 0.5) is 0 Å². The van der Waals surface area contributed by atoms with Gasteiger partial charge in [0.1, 0.15) is 11.5 Å². The SMILES string of the molecule is CCCCCCCCCCCCCCCCOC(=O)CCC(C)(c1ccc(O)cc1)c1ccc(O)cc1. The molecule has 4 heteroatoms. The molecule has 0 aliphatic rings. The van der Waals surface area contributed by atoms with E-state index in [-0.39, 0.29) is 17.5 Å². The molecule has 0 amide bonds. The van der Waals surface area contributed by atoms with E-state index in [1.54, 1.807) is 24.3 Å². The second-order valence-electron chi connectivity index (χ2n) is 10.7. The molecule has 0 radical (unpaired) electrons. The van der Waals surface area contributed by atoms with Crippen molar-refractivity contribution in [3.05, 3.63) is 59.7 Å². The Hall–Kier alpha value is -2.49. The fourth-order valence-corrected chi connectivity index (χ4v) is 5.02. The second-order valence-corrected chi connectivity index (χ2v) is 10.7. The second kappa shape index (κ2) is 17.9. The number of benzene rings is 2. The van der Waals surface area contributed by atoms with Gasteiger partial charge in [0.05, 0.1) is 6.61 Å². The molecule has 206 valence electrons. The van der Waals surface area contributed by atoms with Gasteiger partial charge in [0, 0.05) is 11.8 Å². The molecular weight excluding hydrogens is 460 g/mol. The average Bonchev–Trinajstić information content (AvgIpc) is 2.90. The highest BCUT2D eigenvalue weighted by Crippen LogP contribution is 2.37. The van der Waals surface area contributed by atoms with Crippen molar-refractivity contribution in [2.45, 2.75) is 122 Å². The smallest absolute Gasteiger partial charge is 0.305 e. The fraction of sp³-hybridized carbons (Fsp3) is 0.606. The van der Waals surface area contributed by atoms with Crippen LogP contribution in [0.1, 0.15) is 128 Å². The first-order valence-electron chi connectivity index (χ1n) is 14.7. The third-order valence-corrected chi connectivity index (χ3v) is 7.60. The van der Waals surface area contributed by atoms with Crippen LogP contribution in [-0.4, -0.2) is 22.8 Å². The molecule has 0 saturated carbocycles. The first-order valence-corrected chi connectivity index (χ1v) is 14.7. The van der Waals surface area contributed by atoms with Crippen LogP contribution >= 0.6 is 0 Å². The molecule has 2 aromatic rings. The molecule has 0 fully saturated rings. The lowest BCUT2D eigenvalue weighted by Crippen LogP contribution is -2.25. The third-order valence-electron chi connectivity index (χ3n) is 7.60. The maximum Gasteiger partial charge on any atom is 0.305 e. The summed E-state index contributed by atoms with van der Waals surface area (Å²) >= 11 is 0. The van der Waals surface area contributed by atoms with Gasteiger partial charge in [-0.2, -0.15) is 0 Å². The predicted octanol–water partition coefficient (Wildman–Crippen LogP) is 9.21. The molecule has 2 aromatic carbocycles. The van der Waals surface area contributed by atoms with E-state index in [9.17, 15) is 15.0 Å². The van der Waals surface area contributed by atoms with E-state index >= 15 is 0 Å². The average molecular weight is 511 g/mol. The fourth-order valence-electron chi connectivity index (χ4n) is 5.02. The molecule has 0 aliphatic carbocycles. The molecule has 2 N–H and O–H groups in total. The highest BCUT2D eigenvalue weighted by atomic mass is 16.5. The van der Waals surface area contributed by atoms with Crippen molar-refractivity contribution in [1.29, 1.82) is 0 Å². The van der Waals surface area contributed by atoms with Gasteiger partial charge in [-0.25, -0.2) is 0 Å². The van der Waals surface area contributed by atoms with Gasteiger partial charge in [0.2, 0.25) is 0 Å². The number of carbonyl (C=O) groups is 1. The number of phenols is 2. The summed E-state index contributed by atoms with van der Waals surface area (Å²) in [6.07, 6.45) is 19.2. The molecule has 4 nitrogen and oxygen atoms in total. The van der Waals surface area contributed by atoms with Crippen molar-refractivity contribution in [2.24, 2.45) is 0 Å². The summed E-state index contributed by atoms with van der Waals surface area (Å²) in [6.45, 7) is 4.85. The number of unbranched alkanes of at least 4 members (excludes halogenated alkanes) is 13. The highest BCUT2D eigenvalue weighted by molar-refractivity contribution is 5.69. The molecule has 0 spiro atoms. The van der Waals surface area contributed by atoms with Gasteiger partial charge < -0.3 is 14.9 Å². The summed E-state index contributed by atoms with van der Waals surface area (Å²) in [5.74, 6) is 0.257. The first-order chi connectivity index (χ1) is 18.0. The Morgan fingerprint density at radius 2 is 1.03 bits per heavy atom. The van der Waals surface area contributed by atoms with Gasteiger partial charge in [-0.05, 0) is 48.2 Å². The van der Waals surface area contributed by atoms with Crippen molar-refractivity contribution in [3.63, 3.8) is 0 Å². The maximum atomic E-state index is 12.5. The number of hydrogen-bond acceptors (Lipinski definition) is 4. The van der Waals surface area contributed by atoms with E-state index in [1.165, 1.54) is 77.0 Å². The Morgan fingerprint density at radius 1 is 0.649 bits per heavy atom. The minimum atomic E-state index is -0.435. The van der Waals surface area contributed by atoms with Crippen LogP contribution in [0.15, 0.2) is 48.5 Å². The summed E-state index contributed by atoms with van der Waals surface area (Å²) in [7, 11) is 0. The highest BCUT2D eigenvalue weighted by Gasteiger charge is 2.30. The largest absolute Gasteiger partial charge is 0.508 e. The van der Waals surface area contributed by atoms with Crippen LogP contribution in [0.2, 0.25) is 0 Å². The van der Waals surface area contributed by atoms with Crippen LogP contribution in [0.3, 0.4) is 0 Å². The maximum absolute atomic E-state index is 12.5. The molecule has 2 rings (SSSR count). The normalized spacial score (nSPS) is 11.5. The van der Waals surface area contributed by atoms with Crippen LogP contribution in [0.5, 0.6) is 11.5 Å². The molecule has 0 aliphatic heterocycles. The van der Waals surface area contributed by atoms with Gasteiger partial charge in [-0.15, -0.1) is 0 Å². The monoisotopic (exact) mass is 510 g/mol. The van der Waals surface area contributed by atoms with E-state index in [0.717, 1.165) is 24.0 Å². The van der Waals surface area contributed by atoms with Gasteiger partial charge in [-0.3, -0.25) is 4.79 Å². The summed E-state index contributed by atoms with van der Waals surface area (Å²) in [4.78, 5) is 12.5. The van der Waals surface area contributed by atoms with Gasteiger partial charge in [-0.1, -0.05) is 122 Å². The Labute approximate surface area is 225 Å². The summed E-state index contributed by atoms with van der Waals surface area (Å²) in [6, 6.07) is 14.2. The van der Waals surface area contributed by atoms with Gasteiger partial charge >= 0.3 is 5.97 Å². The third kappa shape index (κ3) is 12.1. The molecule has 37 heavy (non-hydrogen) atoms. The zero-order valence-electron chi connectivity index (χ0n) is 23.4. The van der Waals surface area contributed by atoms with Crippen LogP contribution < -0.4 is 0 Å². The number of ether oxygens (including phenoxy) is 1. The Kier molecular flexibility index (Phi) is 14.8. The molecule has 0 atom stereocenters. The quantitative estimate of drug-likeness (QED) is 0.138. The topological polar surface area (TPSA) is 66.8 Å². The standard InChI is InChI=1S/C33H50O4/c1-3-4-5-6-7-8-9-10-11-12-13-14-15-16-27-37-32(36)25-26-33(2,28-17-21-30(34)22-18-28)29-19-23-31(35)24-20-29/h17-24,34-35H,3-16,25-27H2,1-2H3. The van der Waals surface area contributed by atoms with Crippen molar-refractivity contribution in [2.75, 3.05) is 6.61 Å². The van der Waals surface area contributed by atoms with Crippen LogP contribution in [0.25, 0.3) is 0 Å². The van der Waals surface area contributed by atoms with Crippen LogP contribution in [-0.2, 0) is 14.9 Å². The number of hydrogen-bond donors (Lipinski definition) is 2. The zero-order valence-corrected chi connectivity index (χ0v) is 23.4. The number of carbonyl (C=O) groups excluding carboxylic acids is 1. The number of rotatable bonds is 20. The predicted molar refractivity (Wildman–Crippen MR) is 153 cm³/mol. The van der Waals surface area contributed by atoms with E-state index in [1.807, 2.05) is 24.3 Å². The van der Waals surface area contributed by atoms with Crippen molar-refractivity contribution < 1.29 is 19.7 Å². The molecule has 0 saturated heterocycles. The molecule has 0 heterocycles. The Balaban J connectivity index is 1.60. The minimum Gasteiger partial charge on any atom is -0.508 e. The molecular formula is C33H50O4. The van der Waals surface area contributed by atoms with Crippen molar-refractivity contribution in [1.82, 2.24) is 0 Å². The summed E-state index contributed by atoms with van der Waals surface area (Å²) in [5, 5.41) is 19.4. The Bertz CT molecular complexity index is 811. The van der Waals surface area contributed by atoms with E-state index in [4.69, 9.17) is 4.74 Å². The summed E-state index contributed by atoms with van der Waals surface area (Å²) in [5.41, 5.74) is 1.58. The van der Waals surface area contributed by atoms with Gasteiger partial charge in [0.15, 0.2) is 0 Å². The zero-order chi connectivity index (χ0) is 26.8. The van der Waals surface area contributed by atoms with Gasteiger partial charge in [0.25, 0.3) is 0 Å². The lowest BCUT2D eigenvalue weighted by atomic mass is 9.73. The van der Waals surface area contributed by atoms with Crippen LogP contribution in [0, 0.1) is 0 Å². The lowest BCUT2D eigenvalue weighted by molar-refractivity contribution is -0.144. The van der Waals surface area contributed by atoms with E-state index < -0.39 is 5.41 Å². The minimum absolute atomic E-state index is 0.168. The summed E-state index contributed by atoms with van der Waals surface area (Å²) < 4.78 is 5.54.